The number of hydrogen-bond acceptors (Lipinski definition) is 3. The molecule has 4 heteroatoms. The molecule has 1 aromatic heterocycles. The summed E-state index contributed by atoms with van der Waals surface area (Å²) < 4.78 is 1.63. The number of rotatable bonds is 4. The first kappa shape index (κ1) is 11.3. The summed E-state index contributed by atoms with van der Waals surface area (Å²) in [6, 6.07) is 0.133. The first-order chi connectivity index (χ1) is 7.16. The summed E-state index contributed by atoms with van der Waals surface area (Å²) in [5.74, 6) is 2.86. The molecule has 0 aliphatic carbocycles. The first-order valence-electron chi connectivity index (χ1n) is 4.91. The third-order valence-corrected chi connectivity index (χ3v) is 1.99. The van der Waals surface area contributed by atoms with Crippen molar-refractivity contribution in [3.8, 4) is 12.3 Å². The second-order valence-corrected chi connectivity index (χ2v) is 3.46. The standard InChI is InChI=1S/C11H15N3O/c1-4-5-6-12-10-11(15)14(9(2)3)8-7-13-10/h1,7-9H,5-6H2,2-3H3,(H,12,13). The lowest BCUT2D eigenvalue weighted by atomic mass is 10.4. The molecule has 0 amide bonds. The molecule has 80 valence electrons. The molecule has 0 atom stereocenters. The molecule has 0 aromatic carbocycles. The number of nitrogens with zero attached hydrogens (tertiary/aromatic N) is 2. The van der Waals surface area contributed by atoms with Crippen LogP contribution in [-0.2, 0) is 0 Å². The zero-order chi connectivity index (χ0) is 11.3. The van der Waals surface area contributed by atoms with Gasteiger partial charge in [0.1, 0.15) is 0 Å². The molecule has 0 bridgehead atoms. The van der Waals surface area contributed by atoms with Crippen LogP contribution in [-0.4, -0.2) is 16.1 Å². The molecule has 0 aliphatic rings. The predicted octanol–water partition coefficient (Wildman–Crippen LogP) is 1.26. The van der Waals surface area contributed by atoms with Crippen LogP contribution >= 0.6 is 0 Å². The highest BCUT2D eigenvalue weighted by molar-refractivity contribution is 5.30. The van der Waals surface area contributed by atoms with Crippen molar-refractivity contribution in [1.82, 2.24) is 9.55 Å². The van der Waals surface area contributed by atoms with Gasteiger partial charge in [-0.1, -0.05) is 0 Å². The van der Waals surface area contributed by atoms with E-state index in [1.807, 2.05) is 13.8 Å². The average Bonchev–Trinajstić information content (AvgIpc) is 2.20. The molecule has 15 heavy (non-hydrogen) atoms. The molecule has 1 rings (SSSR count). The largest absolute Gasteiger partial charge is 0.365 e. The Morgan fingerprint density at radius 2 is 2.40 bits per heavy atom. The highest BCUT2D eigenvalue weighted by atomic mass is 16.1. The summed E-state index contributed by atoms with van der Waals surface area (Å²) in [6.45, 7) is 4.47. The lowest BCUT2D eigenvalue weighted by Crippen LogP contribution is -2.25. The van der Waals surface area contributed by atoms with Crippen molar-refractivity contribution in [3.63, 3.8) is 0 Å². The third-order valence-electron chi connectivity index (χ3n) is 1.99. The van der Waals surface area contributed by atoms with Gasteiger partial charge in [-0.05, 0) is 13.8 Å². The molecule has 1 heterocycles. The molecule has 0 saturated heterocycles. The van der Waals surface area contributed by atoms with Gasteiger partial charge in [0.2, 0.25) is 0 Å². The molecule has 0 fully saturated rings. The lowest BCUT2D eigenvalue weighted by Gasteiger charge is -2.10. The highest BCUT2D eigenvalue weighted by Crippen LogP contribution is 2.01. The third kappa shape index (κ3) is 2.84. The summed E-state index contributed by atoms with van der Waals surface area (Å²) in [7, 11) is 0. The van der Waals surface area contributed by atoms with E-state index in [1.165, 1.54) is 0 Å². The number of aromatic nitrogens is 2. The quantitative estimate of drug-likeness (QED) is 0.594. The Bertz CT molecular complexity index is 415. The van der Waals surface area contributed by atoms with Gasteiger partial charge >= 0.3 is 0 Å². The Labute approximate surface area is 89.3 Å². The van der Waals surface area contributed by atoms with Gasteiger partial charge in [-0.2, -0.15) is 0 Å². The van der Waals surface area contributed by atoms with Crippen LogP contribution < -0.4 is 10.9 Å². The first-order valence-corrected chi connectivity index (χ1v) is 4.91. The van der Waals surface area contributed by atoms with Crippen LogP contribution in [0.25, 0.3) is 0 Å². The molecular formula is C11H15N3O. The molecule has 0 spiro atoms. The van der Waals surface area contributed by atoms with Crippen LogP contribution in [0, 0.1) is 12.3 Å². The van der Waals surface area contributed by atoms with Crippen molar-refractivity contribution in [3.05, 3.63) is 22.7 Å². The Morgan fingerprint density at radius 3 is 3.00 bits per heavy atom. The van der Waals surface area contributed by atoms with Crippen LogP contribution in [0.15, 0.2) is 17.2 Å². The number of hydrogen-bond donors (Lipinski definition) is 1. The summed E-state index contributed by atoms with van der Waals surface area (Å²) in [5.41, 5.74) is -0.107. The van der Waals surface area contributed by atoms with Gasteiger partial charge in [-0.25, -0.2) is 4.98 Å². The zero-order valence-electron chi connectivity index (χ0n) is 9.03. The van der Waals surface area contributed by atoms with E-state index in [4.69, 9.17) is 6.42 Å². The van der Waals surface area contributed by atoms with Crippen molar-refractivity contribution >= 4 is 5.82 Å². The van der Waals surface area contributed by atoms with Gasteiger partial charge in [0.15, 0.2) is 5.82 Å². The fraction of sp³-hybridized carbons (Fsp3) is 0.455. The maximum atomic E-state index is 11.8. The van der Waals surface area contributed by atoms with E-state index in [1.54, 1.807) is 17.0 Å². The van der Waals surface area contributed by atoms with Gasteiger partial charge in [0.05, 0.1) is 0 Å². The SMILES string of the molecule is C#CCCNc1nccn(C(C)C)c1=O. The van der Waals surface area contributed by atoms with Gasteiger partial charge in [-0.15, -0.1) is 12.3 Å². The Balaban J connectivity index is 2.86. The van der Waals surface area contributed by atoms with Gasteiger partial charge < -0.3 is 9.88 Å². The van der Waals surface area contributed by atoms with E-state index in [0.29, 0.717) is 18.8 Å². The van der Waals surface area contributed by atoms with Crippen LogP contribution in [0.5, 0.6) is 0 Å². The number of anilines is 1. The lowest BCUT2D eigenvalue weighted by molar-refractivity contribution is 0.575. The highest BCUT2D eigenvalue weighted by Gasteiger charge is 2.05. The summed E-state index contributed by atoms with van der Waals surface area (Å²) in [4.78, 5) is 15.8. The van der Waals surface area contributed by atoms with Crippen molar-refractivity contribution in [2.75, 3.05) is 11.9 Å². The second kappa shape index (κ2) is 5.20. The predicted molar refractivity (Wildman–Crippen MR) is 60.8 cm³/mol. The van der Waals surface area contributed by atoms with E-state index in [-0.39, 0.29) is 11.6 Å². The minimum Gasteiger partial charge on any atom is -0.365 e. The molecule has 1 N–H and O–H groups in total. The summed E-state index contributed by atoms with van der Waals surface area (Å²) >= 11 is 0. The van der Waals surface area contributed by atoms with Crippen LogP contribution in [0.3, 0.4) is 0 Å². The van der Waals surface area contributed by atoms with Crippen LogP contribution in [0.2, 0.25) is 0 Å². The average molecular weight is 205 g/mol. The van der Waals surface area contributed by atoms with Gasteiger partial charge in [0, 0.05) is 31.4 Å². The fourth-order valence-electron chi connectivity index (χ4n) is 1.21. The van der Waals surface area contributed by atoms with Gasteiger partial charge in [0.25, 0.3) is 5.56 Å². The van der Waals surface area contributed by atoms with Crippen LogP contribution in [0.1, 0.15) is 26.3 Å². The molecule has 4 nitrogen and oxygen atoms in total. The molecule has 0 saturated carbocycles. The van der Waals surface area contributed by atoms with Crippen molar-refractivity contribution in [1.29, 1.82) is 0 Å². The Kier molecular flexibility index (Phi) is 3.92. The van der Waals surface area contributed by atoms with Crippen LogP contribution in [0.4, 0.5) is 5.82 Å². The Morgan fingerprint density at radius 1 is 1.67 bits per heavy atom. The molecule has 0 unspecified atom stereocenters. The molecule has 0 aliphatic heterocycles. The van der Waals surface area contributed by atoms with Gasteiger partial charge in [-0.3, -0.25) is 4.79 Å². The second-order valence-electron chi connectivity index (χ2n) is 3.46. The monoisotopic (exact) mass is 205 g/mol. The smallest absolute Gasteiger partial charge is 0.293 e. The van der Waals surface area contributed by atoms with Crippen molar-refractivity contribution in [2.45, 2.75) is 26.3 Å². The molecule has 0 radical (unpaired) electrons. The maximum Gasteiger partial charge on any atom is 0.293 e. The van der Waals surface area contributed by atoms with E-state index < -0.39 is 0 Å². The summed E-state index contributed by atoms with van der Waals surface area (Å²) in [5, 5.41) is 2.92. The molecule has 1 aromatic rings. The molecular weight excluding hydrogens is 190 g/mol. The number of terminal acetylenes is 1. The van der Waals surface area contributed by atoms with E-state index >= 15 is 0 Å². The minimum atomic E-state index is -0.107. The van der Waals surface area contributed by atoms with Crippen molar-refractivity contribution in [2.24, 2.45) is 0 Å². The Hall–Kier alpha value is -1.76. The number of nitrogens with one attached hydrogen (secondary N) is 1. The zero-order valence-corrected chi connectivity index (χ0v) is 9.03. The van der Waals surface area contributed by atoms with E-state index in [9.17, 15) is 4.79 Å². The topological polar surface area (TPSA) is 46.9 Å². The maximum absolute atomic E-state index is 11.8. The van der Waals surface area contributed by atoms with E-state index in [0.717, 1.165) is 0 Å². The normalized spacial score (nSPS) is 10.0. The minimum absolute atomic E-state index is 0.107. The van der Waals surface area contributed by atoms with E-state index in [2.05, 4.69) is 16.2 Å². The van der Waals surface area contributed by atoms with Crippen molar-refractivity contribution < 1.29 is 0 Å². The fourth-order valence-corrected chi connectivity index (χ4v) is 1.21. The summed E-state index contributed by atoms with van der Waals surface area (Å²) in [6.07, 6.45) is 8.99.